The van der Waals surface area contributed by atoms with E-state index in [2.05, 4.69) is 20.7 Å². The zero-order valence-electron chi connectivity index (χ0n) is 21.0. The van der Waals surface area contributed by atoms with E-state index in [-0.39, 0.29) is 22.8 Å². The van der Waals surface area contributed by atoms with Gasteiger partial charge in [0.15, 0.2) is 5.82 Å². The molecule has 3 aromatic heterocycles. The van der Waals surface area contributed by atoms with Gasteiger partial charge >= 0.3 is 0 Å². The van der Waals surface area contributed by atoms with Crippen LogP contribution in [0.3, 0.4) is 0 Å². The molecule has 4 heterocycles. The van der Waals surface area contributed by atoms with E-state index in [1.165, 1.54) is 11.3 Å². The van der Waals surface area contributed by atoms with Crippen molar-refractivity contribution in [2.75, 3.05) is 17.6 Å². The van der Waals surface area contributed by atoms with Gasteiger partial charge in [0, 0.05) is 35.7 Å². The number of aromatic nitrogens is 4. The lowest BCUT2D eigenvalue weighted by Crippen LogP contribution is -2.32. The van der Waals surface area contributed by atoms with Crippen LogP contribution in [0.1, 0.15) is 39.6 Å². The van der Waals surface area contributed by atoms with E-state index in [9.17, 15) is 9.59 Å². The predicted octanol–water partition coefficient (Wildman–Crippen LogP) is 4.78. The van der Waals surface area contributed by atoms with Crippen LogP contribution >= 0.6 is 11.3 Å². The Bertz CT molecular complexity index is 1800. The SMILES string of the molecule is CC(NC(=O)c1c(N)nn2c1NCC=C2)c1cc2cccc(/C=C/c3nccs3)c2c(=O)n1-c1ccccc1. The van der Waals surface area contributed by atoms with Gasteiger partial charge in [0.05, 0.1) is 11.4 Å². The van der Waals surface area contributed by atoms with Crippen molar-refractivity contribution in [3.05, 3.63) is 104 Å². The van der Waals surface area contributed by atoms with Crippen molar-refractivity contribution in [1.82, 2.24) is 24.6 Å². The molecule has 0 aliphatic carbocycles. The molecule has 1 atom stereocenters. The number of thiazole rings is 1. The van der Waals surface area contributed by atoms with Gasteiger partial charge in [-0.1, -0.05) is 42.5 Å². The molecule has 0 fully saturated rings. The van der Waals surface area contributed by atoms with Crippen LogP contribution in [-0.2, 0) is 0 Å². The maximum atomic E-state index is 14.1. The molecule has 1 unspecified atom stereocenters. The second kappa shape index (κ2) is 10.1. The molecule has 1 amide bonds. The maximum Gasteiger partial charge on any atom is 0.263 e. The first-order valence-electron chi connectivity index (χ1n) is 12.4. The van der Waals surface area contributed by atoms with E-state index in [0.29, 0.717) is 29.1 Å². The van der Waals surface area contributed by atoms with Crippen molar-refractivity contribution in [2.45, 2.75) is 13.0 Å². The molecule has 0 bridgehead atoms. The number of nitrogens with one attached hydrogen (secondary N) is 2. The Labute approximate surface area is 227 Å². The lowest BCUT2D eigenvalue weighted by molar-refractivity contribution is 0.0940. The smallest absolute Gasteiger partial charge is 0.263 e. The summed E-state index contributed by atoms with van der Waals surface area (Å²) in [5, 5.41) is 14.6. The van der Waals surface area contributed by atoms with Crippen LogP contribution in [0.25, 0.3) is 34.8 Å². The number of nitrogen functional groups attached to an aromatic ring is 1. The molecule has 2 aromatic carbocycles. The first-order chi connectivity index (χ1) is 19.0. The molecule has 5 aromatic rings. The Morgan fingerprint density at radius 2 is 2.03 bits per heavy atom. The molecule has 0 saturated carbocycles. The molecule has 0 spiro atoms. The number of carbonyl (C=O) groups is 1. The second-order valence-electron chi connectivity index (χ2n) is 9.07. The molecule has 1 aliphatic heterocycles. The topological polar surface area (TPSA) is 120 Å². The lowest BCUT2D eigenvalue weighted by atomic mass is 10.0. The first-order valence-corrected chi connectivity index (χ1v) is 13.3. The van der Waals surface area contributed by atoms with Crippen LogP contribution < -0.4 is 21.9 Å². The zero-order chi connectivity index (χ0) is 26.9. The molecule has 9 nitrogen and oxygen atoms in total. The van der Waals surface area contributed by atoms with E-state index in [1.54, 1.807) is 21.6 Å². The summed E-state index contributed by atoms with van der Waals surface area (Å²) >= 11 is 1.53. The Balaban J connectivity index is 1.45. The Hall–Kier alpha value is -4.96. The minimum atomic E-state index is -0.529. The van der Waals surface area contributed by atoms with Gasteiger partial charge in [0.2, 0.25) is 0 Å². The van der Waals surface area contributed by atoms with Crippen molar-refractivity contribution in [1.29, 1.82) is 0 Å². The number of hydrogen-bond donors (Lipinski definition) is 3. The number of carbonyl (C=O) groups excluding carboxylic acids is 1. The fraction of sp³-hybridized carbons (Fsp3) is 0.103. The van der Waals surface area contributed by atoms with Crippen LogP contribution in [-0.4, -0.2) is 31.8 Å². The highest BCUT2D eigenvalue weighted by Crippen LogP contribution is 2.27. The van der Waals surface area contributed by atoms with Crippen LogP contribution in [0.5, 0.6) is 0 Å². The monoisotopic (exact) mass is 535 g/mol. The summed E-state index contributed by atoms with van der Waals surface area (Å²) in [6.45, 7) is 2.42. The number of rotatable bonds is 6. The number of nitrogens with zero attached hydrogens (tertiary/aromatic N) is 4. The minimum absolute atomic E-state index is 0.129. The van der Waals surface area contributed by atoms with Gasteiger partial charge in [0.1, 0.15) is 16.4 Å². The molecule has 0 saturated heterocycles. The average molecular weight is 536 g/mol. The molecule has 1 aliphatic rings. The summed E-state index contributed by atoms with van der Waals surface area (Å²) in [4.78, 5) is 31.9. The van der Waals surface area contributed by atoms with Gasteiger partial charge in [-0.05, 0) is 48.2 Å². The van der Waals surface area contributed by atoms with Gasteiger partial charge in [0.25, 0.3) is 11.5 Å². The third-order valence-electron chi connectivity index (χ3n) is 6.57. The predicted molar refractivity (Wildman–Crippen MR) is 157 cm³/mol. The standard InChI is InChI=1S/C29H25N7O2S/c1-18(33-28(37)25-26(30)34-35-15-6-13-32-27(25)35)22-17-20-8-5-7-19(11-12-23-31-14-16-39-23)24(20)29(38)36(22)21-9-3-2-4-10-21/h2-12,14-18,32H,13H2,1H3,(H2,30,34)(H,33,37)/b12-11+. The van der Waals surface area contributed by atoms with Crippen molar-refractivity contribution in [3.8, 4) is 5.69 Å². The molecule has 6 rings (SSSR count). The normalized spacial score (nSPS) is 13.4. The molecular formula is C29H25N7O2S. The summed E-state index contributed by atoms with van der Waals surface area (Å²) in [6.07, 6.45) is 9.22. The lowest BCUT2D eigenvalue weighted by Gasteiger charge is -2.22. The van der Waals surface area contributed by atoms with E-state index < -0.39 is 6.04 Å². The molecule has 0 radical (unpaired) electrons. The summed E-state index contributed by atoms with van der Waals surface area (Å²) in [5.41, 5.74) is 8.33. The summed E-state index contributed by atoms with van der Waals surface area (Å²) in [5.74, 6) is 0.288. The molecule has 194 valence electrons. The van der Waals surface area contributed by atoms with Crippen molar-refractivity contribution < 1.29 is 4.79 Å². The highest BCUT2D eigenvalue weighted by Gasteiger charge is 2.26. The van der Waals surface area contributed by atoms with Crippen molar-refractivity contribution >= 4 is 58.0 Å². The fourth-order valence-corrected chi connectivity index (χ4v) is 5.32. The van der Waals surface area contributed by atoms with E-state index in [0.717, 1.165) is 16.0 Å². The van der Waals surface area contributed by atoms with Crippen LogP contribution in [0.15, 0.2) is 77.0 Å². The van der Waals surface area contributed by atoms with Crippen molar-refractivity contribution in [3.63, 3.8) is 0 Å². The number of para-hydroxylation sites is 1. The Morgan fingerprint density at radius 3 is 2.82 bits per heavy atom. The third kappa shape index (κ3) is 4.51. The second-order valence-corrected chi connectivity index (χ2v) is 10.0. The number of hydrogen-bond acceptors (Lipinski definition) is 7. The van der Waals surface area contributed by atoms with Gasteiger partial charge in [-0.25, -0.2) is 9.67 Å². The molecular weight excluding hydrogens is 510 g/mol. The number of fused-ring (bicyclic) bond motifs is 2. The number of anilines is 2. The van der Waals surface area contributed by atoms with Gasteiger partial charge in [-0.3, -0.25) is 14.2 Å². The number of pyridine rings is 1. The molecule has 4 N–H and O–H groups in total. The first kappa shape index (κ1) is 24.4. The van der Waals surface area contributed by atoms with Gasteiger partial charge in [-0.2, -0.15) is 0 Å². The summed E-state index contributed by atoms with van der Waals surface area (Å²) in [7, 11) is 0. The minimum Gasteiger partial charge on any atom is -0.381 e. The zero-order valence-corrected chi connectivity index (χ0v) is 21.9. The van der Waals surface area contributed by atoms with Crippen LogP contribution in [0, 0.1) is 0 Å². The highest BCUT2D eigenvalue weighted by atomic mass is 32.1. The molecule has 10 heteroatoms. The summed E-state index contributed by atoms with van der Waals surface area (Å²) < 4.78 is 3.21. The number of benzene rings is 2. The Morgan fingerprint density at radius 1 is 1.18 bits per heavy atom. The van der Waals surface area contributed by atoms with E-state index in [4.69, 9.17) is 5.73 Å². The van der Waals surface area contributed by atoms with Crippen LogP contribution in [0.4, 0.5) is 11.6 Å². The van der Waals surface area contributed by atoms with E-state index >= 15 is 0 Å². The molecule has 39 heavy (non-hydrogen) atoms. The highest BCUT2D eigenvalue weighted by molar-refractivity contribution is 7.10. The van der Waals surface area contributed by atoms with Crippen molar-refractivity contribution in [2.24, 2.45) is 0 Å². The fourth-order valence-electron chi connectivity index (χ4n) is 4.79. The van der Waals surface area contributed by atoms with Gasteiger partial charge < -0.3 is 16.4 Å². The van der Waals surface area contributed by atoms with Gasteiger partial charge in [-0.15, -0.1) is 16.4 Å². The van der Waals surface area contributed by atoms with Crippen LogP contribution in [0.2, 0.25) is 0 Å². The Kier molecular flexibility index (Phi) is 6.29. The third-order valence-corrected chi connectivity index (χ3v) is 7.31. The quantitative estimate of drug-likeness (QED) is 0.288. The van der Waals surface area contributed by atoms with E-state index in [1.807, 2.05) is 85.1 Å². The average Bonchev–Trinajstić information content (AvgIpc) is 3.59. The maximum absolute atomic E-state index is 14.1. The largest absolute Gasteiger partial charge is 0.381 e. The number of nitrogens with two attached hydrogens (primary N) is 1. The number of amides is 1. The summed E-state index contributed by atoms with van der Waals surface area (Å²) in [6, 6.07) is 16.6.